The molecule has 1 aliphatic rings. The highest BCUT2D eigenvalue weighted by Crippen LogP contribution is 2.17. The van der Waals surface area contributed by atoms with Crippen LogP contribution < -0.4 is 10.2 Å². The maximum absolute atomic E-state index is 12.3. The third-order valence-electron chi connectivity index (χ3n) is 4.74. The summed E-state index contributed by atoms with van der Waals surface area (Å²) in [6, 6.07) is 18.0. The lowest BCUT2D eigenvalue weighted by atomic mass is 10.2. The maximum atomic E-state index is 12.3. The van der Waals surface area contributed by atoms with E-state index in [2.05, 4.69) is 46.3 Å². The Bertz CT molecular complexity index is 699. The SMILES string of the molecule is CC(CNC(=O)c1ccccc1Cl)N1CCN(c2ccccc2)CC1. The molecular formula is C20H24ClN3O. The second kappa shape index (κ2) is 8.37. The average Bonchev–Trinajstić information content (AvgIpc) is 2.67. The zero-order valence-electron chi connectivity index (χ0n) is 14.5. The topological polar surface area (TPSA) is 35.6 Å². The number of benzene rings is 2. The Balaban J connectivity index is 1.47. The quantitative estimate of drug-likeness (QED) is 0.892. The normalized spacial score (nSPS) is 16.5. The Morgan fingerprint density at radius 1 is 1.04 bits per heavy atom. The van der Waals surface area contributed by atoms with Crippen LogP contribution in [0.15, 0.2) is 54.6 Å². The summed E-state index contributed by atoms with van der Waals surface area (Å²) in [7, 11) is 0. The lowest BCUT2D eigenvalue weighted by Crippen LogP contribution is -2.52. The van der Waals surface area contributed by atoms with Gasteiger partial charge in [0.1, 0.15) is 0 Å². The van der Waals surface area contributed by atoms with Crippen LogP contribution in [0.3, 0.4) is 0 Å². The van der Waals surface area contributed by atoms with Crippen molar-refractivity contribution in [2.45, 2.75) is 13.0 Å². The van der Waals surface area contributed by atoms with Crippen LogP contribution in [0.2, 0.25) is 5.02 Å². The van der Waals surface area contributed by atoms with Crippen molar-refractivity contribution in [3.8, 4) is 0 Å². The lowest BCUT2D eigenvalue weighted by molar-refractivity contribution is 0.0934. The van der Waals surface area contributed by atoms with E-state index in [1.165, 1.54) is 5.69 Å². The molecule has 132 valence electrons. The molecule has 5 heteroatoms. The van der Waals surface area contributed by atoms with Crippen LogP contribution in [0.25, 0.3) is 0 Å². The van der Waals surface area contributed by atoms with E-state index in [1.54, 1.807) is 12.1 Å². The van der Waals surface area contributed by atoms with Crippen LogP contribution in [0, 0.1) is 0 Å². The van der Waals surface area contributed by atoms with Crippen molar-refractivity contribution in [1.82, 2.24) is 10.2 Å². The summed E-state index contributed by atoms with van der Waals surface area (Å²) in [5.41, 5.74) is 1.81. The molecule has 4 nitrogen and oxygen atoms in total. The minimum Gasteiger partial charge on any atom is -0.369 e. The molecular weight excluding hydrogens is 334 g/mol. The van der Waals surface area contributed by atoms with Gasteiger partial charge in [-0.1, -0.05) is 41.9 Å². The van der Waals surface area contributed by atoms with Gasteiger partial charge >= 0.3 is 0 Å². The number of hydrogen-bond donors (Lipinski definition) is 1. The fourth-order valence-electron chi connectivity index (χ4n) is 3.17. The molecule has 0 saturated carbocycles. The summed E-state index contributed by atoms with van der Waals surface area (Å²) >= 11 is 6.08. The number of carbonyl (C=O) groups is 1. The molecule has 1 atom stereocenters. The van der Waals surface area contributed by atoms with Gasteiger partial charge in [-0.2, -0.15) is 0 Å². The molecule has 1 aliphatic heterocycles. The highest BCUT2D eigenvalue weighted by atomic mass is 35.5. The monoisotopic (exact) mass is 357 g/mol. The number of carbonyl (C=O) groups excluding carboxylic acids is 1. The molecule has 0 spiro atoms. The largest absolute Gasteiger partial charge is 0.369 e. The second-order valence-corrected chi connectivity index (χ2v) is 6.80. The second-order valence-electron chi connectivity index (χ2n) is 6.40. The number of piperazine rings is 1. The minimum absolute atomic E-state index is 0.111. The first-order valence-corrected chi connectivity index (χ1v) is 9.09. The fourth-order valence-corrected chi connectivity index (χ4v) is 3.39. The fraction of sp³-hybridized carbons (Fsp3) is 0.350. The Hall–Kier alpha value is -2.04. The summed E-state index contributed by atoms with van der Waals surface area (Å²) in [4.78, 5) is 17.1. The summed E-state index contributed by atoms with van der Waals surface area (Å²) in [6.45, 7) is 6.79. The standard InChI is InChI=1S/C20H24ClN3O/c1-16(15-22-20(25)18-9-5-6-10-19(18)21)23-11-13-24(14-12-23)17-7-3-2-4-8-17/h2-10,16H,11-15H2,1H3,(H,22,25). The van der Waals surface area contributed by atoms with Crippen LogP contribution in [0.4, 0.5) is 5.69 Å². The van der Waals surface area contributed by atoms with Crippen molar-refractivity contribution in [2.75, 3.05) is 37.6 Å². The van der Waals surface area contributed by atoms with Crippen LogP contribution in [0.1, 0.15) is 17.3 Å². The van der Waals surface area contributed by atoms with E-state index in [-0.39, 0.29) is 5.91 Å². The van der Waals surface area contributed by atoms with E-state index in [1.807, 2.05) is 18.2 Å². The zero-order valence-corrected chi connectivity index (χ0v) is 15.2. The van der Waals surface area contributed by atoms with Gasteiger partial charge in [0.25, 0.3) is 5.91 Å². The Morgan fingerprint density at radius 2 is 1.68 bits per heavy atom. The summed E-state index contributed by atoms with van der Waals surface area (Å²) in [6.07, 6.45) is 0. The van der Waals surface area contributed by atoms with E-state index >= 15 is 0 Å². The molecule has 1 heterocycles. The first kappa shape index (κ1) is 17.8. The third kappa shape index (κ3) is 4.53. The predicted molar refractivity (Wildman–Crippen MR) is 103 cm³/mol. The van der Waals surface area contributed by atoms with Gasteiger partial charge in [-0.3, -0.25) is 9.69 Å². The zero-order chi connectivity index (χ0) is 17.6. The smallest absolute Gasteiger partial charge is 0.252 e. The molecule has 0 radical (unpaired) electrons. The van der Waals surface area contributed by atoms with E-state index in [4.69, 9.17) is 11.6 Å². The molecule has 0 aliphatic carbocycles. The van der Waals surface area contributed by atoms with Crippen molar-refractivity contribution >= 4 is 23.2 Å². The van der Waals surface area contributed by atoms with Gasteiger partial charge in [-0.25, -0.2) is 0 Å². The predicted octanol–water partition coefficient (Wildman–Crippen LogP) is 3.28. The van der Waals surface area contributed by atoms with Gasteiger partial charge in [0.15, 0.2) is 0 Å². The van der Waals surface area contributed by atoms with Gasteiger partial charge in [0, 0.05) is 44.5 Å². The number of nitrogens with one attached hydrogen (secondary N) is 1. The Morgan fingerprint density at radius 3 is 2.36 bits per heavy atom. The number of hydrogen-bond acceptors (Lipinski definition) is 3. The molecule has 3 rings (SSSR count). The summed E-state index contributed by atoms with van der Waals surface area (Å²) < 4.78 is 0. The highest BCUT2D eigenvalue weighted by Gasteiger charge is 2.21. The third-order valence-corrected chi connectivity index (χ3v) is 5.07. The van der Waals surface area contributed by atoms with E-state index in [0.29, 0.717) is 23.2 Å². The lowest BCUT2D eigenvalue weighted by Gasteiger charge is -2.39. The molecule has 1 unspecified atom stereocenters. The molecule has 1 saturated heterocycles. The number of para-hydroxylation sites is 1. The van der Waals surface area contributed by atoms with Gasteiger partial charge < -0.3 is 10.2 Å². The molecule has 1 N–H and O–H groups in total. The van der Waals surface area contributed by atoms with Gasteiger partial charge in [-0.05, 0) is 31.2 Å². The van der Waals surface area contributed by atoms with Crippen molar-refractivity contribution < 1.29 is 4.79 Å². The molecule has 0 bridgehead atoms. The molecule has 2 aromatic carbocycles. The van der Waals surface area contributed by atoms with Crippen molar-refractivity contribution in [3.05, 3.63) is 65.2 Å². The number of amides is 1. The molecule has 25 heavy (non-hydrogen) atoms. The number of anilines is 1. The average molecular weight is 358 g/mol. The van der Waals surface area contributed by atoms with Crippen LogP contribution in [0.5, 0.6) is 0 Å². The molecule has 0 aromatic heterocycles. The van der Waals surface area contributed by atoms with E-state index in [9.17, 15) is 4.79 Å². The highest BCUT2D eigenvalue weighted by molar-refractivity contribution is 6.33. The number of halogens is 1. The van der Waals surface area contributed by atoms with E-state index < -0.39 is 0 Å². The maximum Gasteiger partial charge on any atom is 0.252 e. The van der Waals surface area contributed by atoms with E-state index in [0.717, 1.165) is 26.2 Å². The summed E-state index contributed by atoms with van der Waals surface area (Å²) in [5, 5.41) is 3.49. The number of nitrogens with zero attached hydrogens (tertiary/aromatic N) is 2. The number of rotatable bonds is 5. The van der Waals surface area contributed by atoms with Crippen molar-refractivity contribution in [2.24, 2.45) is 0 Å². The van der Waals surface area contributed by atoms with Gasteiger partial charge in [-0.15, -0.1) is 0 Å². The van der Waals surface area contributed by atoms with Crippen LogP contribution >= 0.6 is 11.6 Å². The first-order valence-electron chi connectivity index (χ1n) is 8.72. The van der Waals surface area contributed by atoms with Crippen molar-refractivity contribution in [3.63, 3.8) is 0 Å². The molecule has 1 fully saturated rings. The van der Waals surface area contributed by atoms with Crippen molar-refractivity contribution in [1.29, 1.82) is 0 Å². The Labute approximate surface area is 154 Å². The molecule has 1 amide bonds. The minimum atomic E-state index is -0.111. The van der Waals surface area contributed by atoms with Crippen LogP contribution in [-0.2, 0) is 0 Å². The summed E-state index contributed by atoms with van der Waals surface area (Å²) in [5.74, 6) is -0.111. The van der Waals surface area contributed by atoms with Gasteiger partial charge in [0.2, 0.25) is 0 Å². The Kier molecular flexibility index (Phi) is 5.95. The first-order chi connectivity index (χ1) is 12.1. The van der Waals surface area contributed by atoms with Gasteiger partial charge in [0.05, 0.1) is 10.6 Å². The van der Waals surface area contributed by atoms with Crippen LogP contribution in [-0.4, -0.2) is 49.6 Å². The molecule has 2 aromatic rings.